The van der Waals surface area contributed by atoms with Crippen LogP contribution in [0.4, 0.5) is 4.79 Å². The SMILES string of the molecule is CC[C@H](C)[C@@H]([C@@H](CC(=O)N1CCC[C@H]1[C@H](OC)[C@@H](C)C(=O)N[C@@H](Cc1ccc(OC(=O)N2CCC(CN)CC2)cc1)C(=O)NS(=O)(=O)C1CC1)OC)N(C)C(=O)[C@@H](CC(=O)[C@H](C(C)C)N(C)C)C(C)C. The third-order valence-electron chi connectivity index (χ3n) is 14.9. The molecule has 1 aromatic rings. The summed E-state index contributed by atoms with van der Waals surface area (Å²) in [5.74, 6) is -2.79. The Morgan fingerprint density at radius 2 is 1.46 bits per heavy atom. The first-order valence-corrected chi connectivity index (χ1v) is 27.0. The Morgan fingerprint density at radius 1 is 0.829 bits per heavy atom. The number of methoxy groups -OCH3 is 2. The number of rotatable bonds is 26. The molecule has 1 aliphatic carbocycles. The summed E-state index contributed by atoms with van der Waals surface area (Å²) >= 11 is 0. The molecule has 4 rings (SSSR count). The van der Waals surface area contributed by atoms with Crippen molar-refractivity contribution in [2.45, 2.75) is 154 Å². The number of Topliss-reactive ketones (excluding diaryl/α,β-unsaturated/α-hetero) is 1. The molecule has 5 amide bonds. The van der Waals surface area contributed by atoms with Crippen LogP contribution in [0.2, 0.25) is 0 Å². The number of hydrogen-bond acceptors (Lipinski definition) is 13. The first-order valence-electron chi connectivity index (χ1n) is 25.4. The average Bonchev–Trinajstić information content (AvgIpc) is 4.08. The number of nitrogens with zero attached hydrogens (tertiary/aromatic N) is 4. The van der Waals surface area contributed by atoms with E-state index >= 15 is 0 Å². The second-order valence-electron chi connectivity index (χ2n) is 20.9. The number of amides is 5. The maximum atomic E-state index is 14.5. The lowest BCUT2D eigenvalue weighted by atomic mass is 9.83. The Kier molecular flexibility index (Phi) is 22.1. The summed E-state index contributed by atoms with van der Waals surface area (Å²) < 4.78 is 45.7. The second kappa shape index (κ2) is 26.5. The quantitative estimate of drug-likeness (QED) is 0.118. The Morgan fingerprint density at radius 3 is 1.97 bits per heavy atom. The summed E-state index contributed by atoms with van der Waals surface area (Å²) in [6, 6.07) is 3.82. The van der Waals surface area contributed by atoms with Crippen molar-refractivity contribution < 1.29 is 51.4 Å². The molecular weight excluding hydrogens is 919 g/mol. The molecule has 9 atom stereocenters. The number of ketones is 1. The molecule has 396 valence electrons. The van der Waals surface area contributed by atoms with Gasteiger partial charge >= 0.3 is 6.09 Å². The van der Waals surface area contributed by atoms with Crippen molar-refractivity contribution >= 4 is 45.5 Å². The van der Waals surface area contributed by atoms with E-state index in [0.717, 1.165) is 12.8 Å². The molecule has 18 nitrogen and oxygen atoms in total. The molecule has 4 N–H and O–H groups in total. The molecule has 3 fully saturated rings. The summed E-state index contributed by atoms with van der Waals surface area (Å²) in [6.07, 6.45) is 2.33. The zero-order valence-electron chi connectivity index (χ0n) is 44.0. The zero-order chi connectivity index (χ0) is 52.2. The minimum absolute atomic E-state index is 0.0103. The van der Waals surface area contributed by atoms with Gasteiger partial charge in [-0.2, -0.15) is 0 Å². The van der Waals surface area contributed by atoms with E-state index in [4.69, 9.17) is 19.9 Å². The highest BCUT2D eigenvalue weighted by molar-refractivity contribution is 7.90. The standard InChI is InChI=1S/C51H85N7O11S/c1-13-33(6)46(56(10)50(63)39(31(2)3)28-42(59)45(32(4)5)55(8)9)43(67-11)29-44(60)58-24-14-15-41(58)47(68-12)34(7)48(61)53-40(49(62)54-70(65,66)38-20-21-38)27-35-16-18-37(19-17-35)69-51(64)57-25-22-36(30-52)23-26-57/h16-19,31-34,36,38-41,43,45-47H,13-15,20-30,52H2,1-12H3,(H,53,61)(H,54,62)/t33-,34+,39-,40-,41-,43+,45-,46-,47+/m0/s1. The van der Waals surface area contributed by atoms with Gasteiger partial charge in [0, 0.05) is 59.7 Å². The molecule has 0 aromatic heterocycles. The van der Waals surface area contributed by atoms with Crippen LogP contribution in [0, 0.1) is 35.5 Å². The number of ether oxygens (including phenoxy) is 3. The predicted molar refractivity (Wildman–Crippen MR) is 268 cm³/mol. The molecule has 0 radical (unpaired) electrons. The highest BCUT2D eigenvalue weighted by atomic mass is 32.2. The molecule has 2 saturated heterocycles. The second-order valence-corrected chi connectivity index (χ2v) is 22.9. The van der Waals surface area contributed by atoms with Crippen molar-refractivity contribution in [3.05, 3.63) is 29.8 Å². The van der Waals surface area contributed by atoms with Gasteiger partial charge in [-0.3, -0.25) is 33.6 Å². The third kappa shape index (κ3) is 15.4. The van der Waals surface area contributed by atoms with Crippen LogP contribution >= 0.6 is 0 Å². The lowest BCUT2D eigenvalue weighted by molar-refractivity contribution is -0.149. The average molecular weight is 1000 g/mol. The van der Waals surface area contributed by atoms with E-state index in [0.29, 0.717) is 75.5 Å². The fourth-order valence-corrected chi connectivity index (χ4v) is 11.7. The monoisotopic (exact) mass is 1000 g/mol. The van der Waals surface area contributed by atoms with Gasteiger partial charge in [-0.25, -0.2) is 13.2 Å². The van der Waals surface area contributed by atoms with Gasteiger partial charge in [-0.1, -0.05) is 67.0 Å². The van der Waals surface area contributed by atoms with Crippen LogP contribution in [-0.2, 0) is 49.9 Å². The van der Waals surface area contributed by atoms with Crippen molar-refractivity contribution in [1.82, 2.24) is 29.6 Å². The Hall–Kier alpha value is -4.17. The van der Waals surface area contributed by atoms with Crippen molar-refractivity contribution in [2.75, 3.05) is 61.5 Å². The van der Waals surface area contributed by atoms with E-state index in [1.807, 2.05) is 60.5 Å². The fourth-order valence-electron chi connectivity index (χ4n) is 10.4. The molecule has 0 spiro atoms. The van der Waals surface area contributed by atoms with Crippen LogP contribution in [0.5, 0.6) is 5.75 Å². The molecule has 1 aromatic carbocycles. The molecule has 0 bridgehead atoms. The molecule has 19 heteroatoms. The molecule has 0 unspecified atom stereocenters. The van der Waals surface area contributed by atoms with Gasteiger partial charge in [-0.05, 0) is 101 Å². The Bertz CT molecular complexity index is 2020. The minimum Gasteiger partial charge on any atom is -0.410 e. The fraction of sp³-hybridized carbons (Fsp3) is 0.765. The van der Waals surface area contributed by atoms with Crippen molar-refractivity contribution in [3.63, 3.8) is 0 Å². The predicted octanol–water partition coefficient (Wildman–Crippen LogP) is 4.23. The summed E-state index contributed by atoms with van der Waals surface area (Å²) in [4.78, 5) is 90.3. The number of likely N-dealkylation sites (tertiary alicyclic amines) is 2. The van der Waals surface area contributed by atoms with Crippen LogP contribution in [0.25, 0.3) is 0 Å². The van der Waals surface area contributed by atoms with E-state index in [2.05, 4.69) is 10.0 Å². The van der Waals surface area contributed by atoms with Gasteiger partial charge < -0.3 is 40.0 Å². The van der Waals surface area contributed by atoms with Crippen LogP contribution in [0.3, 0.4) is 0 Å². The smallest absolute Gasteiger partial charge is 0.410 e. The topological polar surface area (TPSA) is 227 Å². The zero-order valence-corrected chi connectivity index (χ0v) is 44.8. The maximum absolute atomic E-state index is 14.5. The molecule has 3 aliphatic rings. The number of carbonyl (C=O) groups excluding carboxylic acids is 6. The van der Waals surface area contributed by atoms with E-state index < -0.39 is 75.4 Å². The number of nitrogens with two attached hydrogens (primary N) is 1. The normalized spacial score (nSPS) is 20.3. The summed E-state index contributed by atoms with van der Waals surface area (Å²) in [5, 5.41) is 2.11. The summed E-state index contributed by atoms with van der Waals surface area (Å²) in [5.41, 5.74) is 6.37. The highest BCUT2D eigenvalue weighted by Gasteiger charge is 2.44. The van der Waals surface area contributed by atoms with E-state index in [1.54, 1.807) is 52.9 Å². The molecule has 2 aliphatic heterocycles. The lowest BCUT2D eigenvalue weighted by Crippen LogP contribution is -2.55. The van der Waals surface area contributed by atoms with Gasteiger partial charge in [0.25, 0.3) is 5.91 Å². The number of piperidine rings is 1. The first-order chi connectivity index (χ1) is 33.0. The minimum atomic E-state index is -3.96. The number of benzene rings is 1. The number of carbonyl (C=O) groups is 6. The van der Waals surface area contributed by atoms with Crippen LogP contribution in [-0.4, -0.2) is 167 Å². The van der Waals surface area contributed by atoms with Gasteiger partial charge in [0.1, 0.15) is 11.8 Å². The third-order valence-corrected chi connectivity index (χ3v) is 16.8. The number of hydrogen-bond donors (Lipinski definition) is 3. The van der Waals surface area contributed by atoms with Gasteiger partial charge in [0.2, 0.25) is 27.7 Å². The van der Waals surface area contributed by atoms with E-state index in [1.165, 1.54) is 14.2 Å². The van der Waals surface area contributed by atoms with Crippen molar-refractivity contribution in [3.8, 4) is 5.75 Å². The number of sulfonamides is 1. The number of likely N-dealkylation sites (N-methyl/N-ethyl adjacent to an activating group) is 2. The van der Waals surface area contributed by atoms with Gasteiger partial charge in [0.15, 0.2) is 5.78 Å². The van der Waals surface area contributed by atoms with Crippen LogP contribution in [0.1, 0.15) is 112 Å². The number of nitrogens with one attached hydrogen (secondary N) is 2. The van der Waals surface area contributed by atoms with Crippen LogP contribution < -0.4 is 20.5 Å². The lowest BCUT2D eigenvalue weighted by Gasteiger charge is -2.41. The van der Waals surface area contributed by atoms with Crippen molar-refractivity contribution in [1.29, 1.82) is 0 Å². The highest BCUT2D eigenvalue weighted by Crippen LogP contribution is 2.32. The van der Waals surface area contributed by atoms with E-state index in [-0.39, 0.29) is 60.7 Å². The van der Waals surface area contributed by atoms with E-state index in [9.17, 15) is 37.2 Å². The summed E-state index contributed by atoms with van der Waals surface area (Å²) in [7, 11) is 4.52. The van der Waals surface area contributed by atoms with Crippen LogP contribution in [0.15, 0.2) is 24.3 Å². The Balaban J connectivity index is 1.49. The molecule has 70 heavy (non-hydrogen) atoms. The van der Waals surface area contributed by atoms with Crippen molar-refractivity contribution in [2.24, 2.45) is 41.2 Å². The Labute approximate surface area is 417 Å². The molecule has 2 heterocycles. The molecular formula is C51H85N7O11S. The maximum Gasteiger partial charge on any atom is 0.415 e. The first kappa shape index (κ1) is 58.4. The summed E-state index contributed by atoms with van der Waals surface area (Å²) in [6.45, 7) is 15.7. The molecule has 1 saturated carbocycles. The largest absolute Gasteiger partial charge is 0.415 e. The van der Waals surface area contributed by atoms with Gasteiger partial charge in [0.05, 0.1) is 47.9 Å². The van der Waals surface area contributed by atoms with Gasteiger partial charge in [-0.15, -0.1) is 0 Å².